The van der Waals surface area contributed by atoms with Crippen LogP contribution in [0, 0.1) is 11.2 Å². The van der Waals surface area contributed by atoms with Gasteiger partial charge in [-0.2, -0.15) is 0 Å². The molecule has 0 radical (unpaired) electrons. The second kappa shape index (κ2) is 5.15. The van der Waals surface area contributed by atoms with Crippen molar-refractivity contribution in [3.63, 3.8) is 0 Å². The maximum absolute atomic E-state index is 13.3. The fourth-order valence-electron chi connectivity index (χ4n) is 3.16. The van der Waals surface area contributed by atoms with Crippen LogP contribution in [0.1, 0.15) is 37.2 Å². The normalized spacial score (nSPS) is 20.4. The van der Waals surface area contributed by atoms with E-state index in [4.69, 9.17) is 5.73 Å². The Kier molecular flexibility index (Phi) is 3.79. The average molecular weight is 237 g/mol. The number of aliphatic hydroxyl groups is 1. The summed E-state index contributed by atoms with van der Waals surface area (Å²) in [6.07, 6.45) is 4.24. The van der Waals surface area contributed by atoms with Crippen molar-refractivity contribution in [2.24, 2.45) is 11.1 Å². The third-order valence-electron chi connectivity index (χ3n) is 4.14. The van der Waals surface area contributed by atoms with Gasteiger partial charge >= 0.3 is 0 Å². The third-order valence-corrected chi connectivity index (χ3v) is 4.14. The lowest BCUT2D eigenvalue weighted by Crippen LogP contribution is -2.34. The first-order valence-electron chi connectivity index (χ1n) is 6.28. The van der Waals surface area contributed by atoms with Crippen LogP contribution in [0.5, 0.6) is 0 Å². The molecule has 2 nitrogen and oxygen atoms in total. The van der Waals surface area contributed by atoms with Gasteiger partial charge in [0.25, 0.3) is 0 Å². The van der Waals surface area contributed by atoms with Crippen LogP contribution in [0.2, 0.25) is 0 Å². The first-order chi connectivity index (χ1) is 8.22. The van der Waals surface area contributed by atoms with Gasteiger partial charge in [0.15, 0.2) is 0 Å². The summed E-state index contributed by atoms with van der Waals surface area (Å²) in [7, 11) is 0. The first-order valence-corrected chi connectivity index (χ1v) is 6.28. The minimum absolute atomic E-state index is 0.0608. The maximum Gasteiger partial charge on any atom is 0.123 e. The number of rotatable bonds is 4. The Morgan fingerprint density at radius 2 is 2.06 bits per heavy atom. The Bertz CT molecular complexity index is 374. The SMILES string of the molecule is NCC(c1cccc(F)c1)C1(CO)CCCC1. The highest BCUT2D eigenvalue weighted by Gasteiger charge is 2.40. The van der Waals surface area contributed by atoms with E-state index in [1.807, 2.05) is 6.07 Å². The van der Waals surface area contributed by atoms with Crippen LogP contribution in [-0.4, -0.2) is 18.3 Å². The zero-order chi connectivity index (χ0) is 12.3. The van der Waals surface area contributed by atoms with E-state index in [-0.39, 0.29) is 23.8 Å². The van der Waals surface area contributed by atoms with E-state index in [9.17, 15) is 9.50 Å². The molecule has 2 rings (SSSR count). The molecule has 0 saturated heterocycles. The highest BCUT2D eigenvalue weighted by Crippen LogP contribution is 2.48. The molecule has 0 bridgehead atoms. The Morgan fingerprint density at radius 1 is 1.35 bits per heavy atom. The molecule has 1 saturated carbocycles. The molecule has 1 aliphatic carbocycles. The Hall–Kier alpha value is -0.930. The van der Waals surface area contributed by atoms with Gasteiger partial charge in [-0.15, -0.1) is 0 Å². The highest BCUT2D eigenvalue weighted by atomic mass is 19.1. The molecular weight excluding hydrogens is 217 g/mol. The largest absolute Gasteiger partial charge is 0.396 e. The van der Waals surface area contributed by atoms with E-state index >= 15 is 0 Å². The molecule has 3 N–H and O–H groups in total. The molecule has 1 fully saturated rings. The average Bonchev–Trinajstić information content (AvgIpc) is 2.80. The maximum atomic E-state index is 13.3. The lowest BCUT2D eigenvalue weighted by Gasteiger charge is -2.35. The first kappa shape index (κ1) is 12.5. The highest BCUT2D eigenvalue weighted by molar-refractivity contribution is 5.24. The van der Waals surface area contributed by atoms with Crippen LogP contribution in [0.15, 0.2) is 24.3 Å². The summed E-state index contributed by atoms with van der Waals surface area (Å²) in [5.74, 6) is -0.169. The molecule has 94 valence electrons. The number of nitrogens with two attached hydrogens (primary N) is 1. The molecule has 0 spiro atoms. The van der Waals surface area contributed by atoms with Crippen molar-refractivity contribution < 1.29 is 9.50 Å². The predicted molar refractivity (Wildman–Crippen MR) is 66.2 cm³/mol. The number of halogens is 1. The summed E-state index contributed by atoms with van der Waals surface area (Å²) in [6.45, 7) is 0.607. The van der Waals surface area contributed by atoms with Crippen LogP contribution in [-0.2, 0) is 0 Å². The molecule has 1 unspecified atom stereocenters. The van der Waals surface area contributed by atoms with E-state index in [1.165, 1.54) is 6.07 Å². The minimum Gasteiger partial charge on any atom is -0.396 e. The van der Waals surface area contributed by atoms with Crippen molar-refractivity contribution in [1.29, 1.82) is 0 Å². The van der Waals surface area contributed by atoms with Crippen LogP contribution >= 0.6 is 0 Å². The topological polar surface area (TPSA) is 46.2 Å². The van der Waals surface area contributed by atoms with Crippen molar-refractivity contribution in [3.05, 3.63) is 35.6 Å². The number of hydrogen-bond acceptors (Lipinski definition) is 2. The molecule has 1 atom stereocenters. The predicted octanol–water partition coefficient (Wildman–Crippen LogP) is 2.42. The van der Waals surface area contributed by atoms with E-state index in [0.717, 1.165) is 31.2 Å². The van der Waals surface area contributed by atoms with Gasteiger partial charge in [0.05, 0.1) is 0 Å². The molecule has 1 aliphatic rings. The van der Waals surface area contributed by atoms with Gasteiger partial charge in [-0.05, 0) is 37.1 Å². The van der Waals surface area contributed by atoms with Gasteiger partial charge in [0, 0.05) is 17.9 Å². The summed E-state index contributed by atoms with van der Waals surface area (Å²) >= 11 is 0. The lowest BCUT2D eigenvalue weighted by molar-refractivity contribution is 0.102. The van der Waals surface area contributed by atoms with Crippen LogP contribution in [0.25, 0.3) is 0 Å². The van der Waals surface area contributed by atoms with Crippen molar-refractivity contribution in [1.82, 2.24) is 0 Å². The summed E-state index contributed by atoms with van der Waals surface area (Å²) < 4.78 is 13.3. The van der Waals surface area contributed by atoms with Gasteiger partial charge < -0.3 is 10.8 Å². The zero-order valence-electron chi connectivity index (χ0n) is 10.0. The zero-order valence-corrected chi connectivity index (χ0v) is 10.0. The van der Waals surface area contributed by atoms with Gasteiger partial charge in [-0.25, -0.2) is 4.39 Å². The number of aliphatic hydroxyl groups excluding tert-OH is 1. The van der Waals surface area contributed by atoms with Gasteiger partial charge in [0.1, 0.15) is 5.82 Å². The molecule has 3 heteroatoms. The Balaban J connectivity index is 2.32. The van der Waals surface area contributed by atoms with Crippen LogP contribution in [0.3, 0.4) is 0 Å². The summed E-state index contributed by atoms with van der Waals surface area (Å²) in [4.78, 5) is 0. The summed E-state index contributed by atoms with van der Waals surface area (Å²) in [5.41, 5.74) is 6.65. The summed E-state index contributed by atoms with van der Waals surface area (Å²) in [5, 5.41) is 9.70. The van der Waals surface area contributed by atoms with Crippen molar-refractivity contribution in [3.8, 4) is 0 Å². The smallest absolute Gasteiger partial charge is 0.123 e. The van der Waals surface area contributed by atoms with Crippen LogP contribution < -0.4 is 5.73 Å². The molecule has 1 aromatic carbocycles. The number of hydrogen-bond donors (Lipinski definition) is 2. The van der Waals surface area contributed by atoms with E-state index in [1.54, 1.807) is 12.1 Å². The van der Waals surface area contributed by atoms with Crippen molar-refractivity contribution in [2.75, 3.05) is 13.2 Å². The van der Waals surface area contributed by atoms with Crippen molar-refractivity contribution >= 4 is 0 Å². The molecule has 1 aromatic rings. The summed E-state index contributed by atoms with van der Waals surface area (Å²) in [6, 6.07) is 6.62. The van der Waals surface area contributed by atoms with E-state index in [0.29, 0.717) is 6.54 Å². The molecule has 0 aliphatic heterocycles. The second-order valence-electron chi connectivity index (χ2n) is 5.07. The molecular formula is C14H20FNO. The van der Waals surface area contributed by atoms with Gasteiger partial charge in [-0.3, -0.25) is 0 Å². The fourth-order valence-corrected chi connectivity index (χ4v) is 3.16. The Labute approximate surface area is 102 Å². The molecule has 0 heterocycles. The van der Waals surface area contributed by atoms with E-state index < -0.39 is 0 Å². The monoisotopic (exact) mass is 237 g/mol. The van der Waals surface area contributed by atoms with Crippen molar-refractivity contribution in [2.45, 2.75) is 31.6 Å². The Morgan fingerprint density at radius 3 is 2.59 bits per heavy atom. The van der Waals surface area contributed by atoms with Crippen LogP contribution in [0.4, 0.5) is 4.39 Å². The standard InChI is InChI=1S/C14H20FNO/c15-12-5-3-4-11(8-12)13(9-16)14(10-17)6-1-2-7-14/h3-5,8,13,17H,1-2,6-7,9-10,16H2. The molecule has 17 heavy (non-hydrogen) atoms. The van der Waals surface area contributed by atoms with Gasteiger partial charge in [-0.1, -0.05) is 25.0 Å². The quantitative estimate of drug-likeness (QED) is 0.844. The second-order valence-corrected chi connectivity index (χ2v) is 5.07. The van der Waals surface area contributed by atoms with Gasteiger partial charge in [0.2, 0.25) is 0 Å². The lowest BCUT2D eigenvalue weighted by atomic mass is 9.71. The molecule has 0 amide bonds. The van der Waals surface area contributed by atoms with E-state index in [2.05, 4.69) is 0 Å². The fraction of sp³-hybridized carbons (Fsp3) is 0.571. The molecule has 0 aromatic heterocycles. The minimum atomic E-state index is -0.230. The number of benzene rings is 1. The third kappa shape index (κ3) is 2.35.